The number of hydrogen-bond donors (Lipinski definition) is 2. The fourth-order valence-electron chi connectivity index (χ4n) is 2.41. The second-order valence-corrected chi connectivity index (χ2v) is 5.61. The van der Waals surface area contributed by atoms with Crippen LogP contribution in [0.25, 0.3) is 0 Å². The van der Waals surface area contributed by atoms with Crippen molar-refractivity contribution in [3.63, 3.8) is 0 Å². The molecule has 1 aromatic rings. The zero-order valence-electron chi connectivity index (χ0n) is 15.6. The van der Waals surface area contributed by atoms with Gasteiger partial charge in [0.1, 0.15) is 12.4 Å². The standard InChI is InChI=1S/C18H32N4O.HI/c1-6-22(7-2)16(4)14-21-18(19-5)20-12-13-23-17-10-8-15(3)9-11-17;/h8-11,16H,6-7,12-14H2,1-5H3,(H2,19,20,21);1H. The van der Waals surface area contributed by atoms with E-state index in [9.17, 15) is 0 Å². The fourth-order valence-corrected chi connectivity index (χ4v) is 2.41. The molecule has 1 unspecified atom stereocenters. The Bertz CT molecular complexity index is 461. The molecule has 0 spiro atoms. The molecule has 0 aromatic heterocycles. The van der Waals surface area contributed by atoms with E-state index in [1.165, 1.54) is 5.56 Å². The van der Waals surface area contributed by atoms with E-state index in [4.69, 9.17) is 4.74 Å². The van der Waals surface area contributed by atoms with E-state index in [0.717, 1.165) is 31.3 Å². The minimum Gasteiger partial charge on any atom is -0.492 e. The van der Waals surface area contributed by atoms with E-state index in [1.807, 2.05) is 12.1 Å². The summed E-state index contributed by atoms with van der Waals surface area (Å²) in [4.78, 5) is 6.66. The van der Waals surface area contributed by atoms with Gasteiger partial charge in [0.25, 0.3) is 0 Å². The summed E-state index contributed by atoms with van der Waals surface area (Å²) in [6.45, 7) is 13.0. The molecule has 138 valence electrons. The Hall–Kier alpha value is -1.02. The molecule has 1 aromatic carbocycles. The summed E-state index contributed by atoms with van der Waals surface area (Å²) in [5.41, 5.74) is 1.24. The SMILES string of the molecule is CCN(CC)C(C)CNC(=NC)NCCOc1ccc(C)cc1.I. The lowest BCUT2D eigenvalue weighted by Crippen LogP contribution is -2.46. The second kappa shape index (κ2) is 13.3. The van der Waals surface area contributed by atoms with Gasteiger partial charge in [-0.25, -0.2) is 0 Å². The number of likely N-dealkylation sites (N-methyl/N-ethyl adjacent to an activating group) is 1. The van der Waals surface area contributed by atoms with Gasteiger partial charge >= 0.3 is 0 Å². The first-order chi connectivity index (χ1) is 11.1. The molecule has 6 heteroatoms. The minimum absolute atomic E-state index is 0. The summed E-state index contributed by atoms with van der Waals surface area (Å²) >= 11 is 0. The van der Waals surface area contributed by atoms with E-state index in [1.54, 1.807) is 7.05 Å². The fraction of sp³-hybridized carbons (Fsp3) is 0.611. The minimum atomic E-state index is 0. The average molecular weight is 448 g/mol. The zero-order valence-corrected chi connectivity index (χ0v) is 18.0. The van der Waals surface area contributed by atoms with Gasteiger partial charge in [0.15, 0.2) is 5.96 Å². The maximum absolute atomic E-state index is 5.70. The summed E-state index contributed by atoms with van der Waals surface area (Å²) < 4.78 is 5.70. The van der Waals surface area contributed by atoms with Gasteiger partial charge in [0.05, 0.1) is 6.54 Å². The monoisotopic (exact) mass is 448 g/mol. The number of nitrogens with zero attached hydrogens (tertiary/aromatic N) is 2. The van der Waals surface area contributed by atoms with Crippen molar-refractivity contribution in [2.24, 2.45) is 4.99 Å². The highest BCUT2D eigenvalue weighted by Gasteiger charge is 2.10. The van der Waals surface area contributed by atoms with Gasteiger partial charge in [-0.3, -0.25) is 9.89 Å². The van der Waals surface area contributed by atoms with E-state index in [-0.39, 0.29) is 24.0 Å². The Balaban J connectivity index is 0.00000529. The third kappa shape index (κ3) is 8.73. The maximum atomic E-state index is 5.70. The van der Waals surface area contributed by atoms with E-state index < -0.39 is 0 Å². The molecule has 24 heavy (non-hydrogen) atoms. The Kier molecular flexibility index (Phi) is 12.7. The quantitative estimate of drug-likeness (QED) is 0.264. The number of nitrogens with one attached hydrogen (secondary N) is 2. The molecule has 0 aliphatic heterocycles. The molecule has 1 rings (SSSR count). The molecule has 0 radical (unpaired) electrons. The van der Waals surface area contributed by atoms with Gasteiger partial charge in [0, 0.05) is 19.6 Å². The highest BCUT2D eigenvalue weighted by atomic mass is 127. The molecule has 0 saturated carbocycles. The van der Waals surface area contributed by atoms with Crippen LogP contribution in [0, 0.1) is 6.92 Å². The van der Waals surface area contributed by atoms with Crippen molar-refractivity contribution in [3.05, 3.63) is 29.8 Å². The Morgan fingerprint density at radius 3 is 2.33 bits per heavy atom. The first kappa shape index (κ1) is 23.0. The Morgan fingerprint density at radius 1 is 1.17 bits per heavy atom. The van der Waals surface area contributed by atoms with Gasteiger partial charge in [-0.2, -0.15) is 0 Å². The highest BCUT2D eigenvalue weighted by molar-refractivity contribution is 14.0. The van der Waals surface area contributed by atoms with Crippen LogP contribution in [0.4, 0.5) is 0 Å². The third-order valence-corrected chi connectivity index (χ3v) is 3.91. The molecule has 0 amide bonds. The largest absolute Gasteiger partial charge is 0.492 e. The summed E-state index contributed by atoms with van der Waals surface area (Å²) in [5, 5.41) is 6.64. The summed E-state index contributed by atoms with van der Waals surface area (Å²) in [6, 6.07) is 8.57. The third-order valence-electron chi connectivity index (χ3n) is 3.91. The first-order valence-electron chi connectivity index (χ1n) is 8.48. The molecule has 0 saturated heterocycles. The lowest BCUT2D eigenvalue weighted by molar-refractivity contribution is 0.231. The molecule has 0 heterocycles. The van der Waals surface area contributed by atoms with Crippen molar-refractivity contribution in [3.8, 4) is 5.75 Å². The second-order valence-electron chi connectivity index (χ2n) is 5.61. The molecule has 5 nitrogen and oxygen atoms in total. The van der Waals surface area contributed by atoms with Crippen molar-refractivity contribution < 1.29 is 4.74 Å². The topological polar surface area (TPSA) is 48.9 Å². The predicted octanol–water partition coefficient (Wildman–Crippen LogP) is 2.89. The number of ether oxygens (including phenoxy) is 1. The van der Waals surface area contributed by atoms with Crippen molar-refractivity contribution in [1.29, 1.82) is 0 Å². The maximum Gasteiger partial charge on any atom is 0.191 e. The van der Waals surface area contributed by atoms with Crippen LogP contribution in [-0.2, 0) is 0 Å². The van der Waals surface area contributed by atoms with Gasteiger partial charge in [-0.15, -0.1) is 24.0 Å². The number of hydrogen-bond acceptors (Lipinski definition) is 3. The number of halogens is 1. The molecular weight excluding hydrogens is 415 g/mol. The number of aryl methyl sites for hydroxylation is 1. The molecule has 0 aliphatic rings. The van der Waals surface area contributed by atoms with Gasteiger partial charge in [-0.05, 0) is 39.1 Å². The van der Waals surface area contributed by atoms with E-state index in [0.29, 0.717) is 19.2 Å². The van der Waals surface area contributed by atoms with Gasteiger partial charge in [0.2, 0.25) is 0 Å². The number of benzene rings is 1. The average Bonchev–Trinajstić information content (AvgIpc) is 2.57. The Labute approximate surface area is 164 Å². The lowest BCUT2D eigenvalue weighted by atomic mass is 10.2. The van der Waals surface area contributed by atoms with E-state index >= 15 is 0 Å². The van der Waals surface area contributed by atoms with Crippen molar-refractivity contribution >= 4 is 29.9 Å². The van der Waals surface area contributed by atoms with Crippen LogP contribution >= 0.6 is 24.0 Å². The molecular formula is C18H33IN4O. The van der Waals surface area contributed by atoms with Crippen LogP contribution in [0.2, 0.25) is 0 Å². The Morgan fingerprint density at radius 2 is 1.79 bits per heavy atom. The normalized spacial score (nSPS) is 12.5. The van der Waals surface area contributed by atoms with Gasteiger partial charge in [-0.1, -0.05) is 31.5 Å². The molecule has 0 fully saturated rings. The van der Waals surface area contributed by atoms with Gasteiger partial charge < -0.3 is 15.4 Å². The lowest BCUT2D eigenvalue weighted by Gasteiger charge is -2.27. The number of guanidine groups is 1. The van der Waals surface area contributed by atoms with Crippen molar-refractivity contribution in [2.45, 2.75) is 33.7 Å². The number of rotatable bonds is 9. The van der Waals surface area contributed by atoms with E-state index in [2.05, 4.69) is 60.4 Å². The molecule has 0 aliphatic carbocycles. The van der Waals surface area contributed by atoms with Crippen LogP contribution in [0.15, 0.2) is 29.3 Å². The summed E-state index contributed by atoms with van der Waals surface area (Å²) in [5.74, 6) is 1.71. The first-order valence-corrected chi connectivity index (χ1v) is 8.48. The van der Waals surface area contributed by atoms with Crippen LogP contribution in [0.1, 0.15) is 26.3 Å². The molecule has 2 N–H and O–H groups in total. The van der Waals surface area contributed by atoms with Crippen molar-refractivity contribution in [1.82, 2.24) is 15.5 Å². The van der Waals surface area contributed by atoms with Crippen molar-refractivity contribution in [2.75, 3.05) is 39.8 Å². The number of aliphatic imine (C=N–C) groups is 1. The smallest absolute Gasteiger partial charge is 0.191 e. The van der Waals surface area contributed by atoms with Crippen LogP contribution in [0.5, 0.6) is 5.75 Å². The zero-order chi connectivity index (χ0) is 17.1. The van der Waals surface area contributed by atoms with Crippen LogP contribution in [-0.4, -0.2) is 56.7 Å². The summed E-state index contributed by atoms with van der Waals surface area (Å²) in [6.07, 6.45) is 0. The summed E-state index contributed by atoms with van der Waals surface area (Å²) in [7, 11) is 1.79. The predicted molar refractivity (Wildman–Crippen MR) is 114 cm³/mol. The molecule has 1 atom stereocenters. The highest BCUT2D eigenvalue weighted by Crippen LogP contribution is 2.10. The molecule has 0 bridgehead atoms. The van der Waals surface area contributed by atoms with Crippen LogP contribution < -0.4 is 15.4 Å². The van der Waals surface area contributed by atoms with Crippen LogP contribution in [0.3, 0.4) is 0 Å².